The lowest BCUT2D eigenvalue weighted by Crippen LogP contribution is -2.15. The van der Waals surface area contributed by atoms with Gasteiger partial charge in [-0.2, -0.15) is 4.98 Å². The number of nitrogens with zero attached hydrogens (tertiary/aromatic N) is 2. The normalized spacial score (nSPS) is 10.6. The standard InChI is InChI=1S/C17H23N3O/c1-4-9-18-11-15-12-19-17(20-13(15)3)21-16-8-6-7-14(5-2)10-16/h6-8,10,12,18H,4-5,9,11H2,1-3H3. The Morgan fingerprint density at radius 2 is 2.10 bits per heavy atom. The molecule has 0 saturated carbocycles. The van der Waals surface area contributed by atoms with Gasteiger partial charge in [0, 0.05) is 24.0 Å². The van der Waals surface area contributed by atoms with Gasteiger partial charge in [-0.05, 0) is 44.0 Å². The van der Waals surface area contributed by atoms with Crippen LogP contribution in [-0.4, -0.2) is 16.5 Å². The van der Waals surface area contributed by atoms with Crippen molar-refractivity contribution in [3.05, 3.63) is 47.3 Å². The number of aromatic nitrogens is 2. The summed E-state index contributed by atoms with van der Waals surface area (Å²) >= 11 is 0. The van der Waals surface area contributed by atoms with Crippen molar-refractivity contribution < 1.29 is 4.74 Å². The predicted octanol–water partition coefficient (Wildman–Crippen LogP) is 3.64. The van der Waals surface area contributed by atoms with Crippen molar-refractivity contribution in [2.75, 3.05) is 6.54 Å². The van der Waals surface area contributed by atoms with E-state index in [9.17, 15) is 0 Å². The lowest BCUT2D eigenvalue weighted by Gasteiger charge is -2.09. The molecule has 4 nitrogen and oxygen atoms in total. The minimum Gasteiger partial charge on any atom is -0.424 e. The lowest BCUT2D eigenvalue weighted by molar-refractivity contribution is 0.438. The maximum Gasteiger partial charge on any atom is 0.322 e. The van der Waals surface area contributed by atoms with Gasteiger partial charge in [-0.1, -0.05) is 26.0 Å². The molecule has 0 amide bonds. The van der Waals surface area contributed by atoms with Crippen LogP contribution in [0.4, 0.5) is 0 Å². The van der Waals surface area contributed by atoms with E-state index >= 15 is 0 Å². The van der Waals surface area contributed by atoms with Crippen molar-refractivity contribution in [3.63, 3.8) is 0 Å². The fraction of sp³-hybridized carbons (Fsp3) is 0.412. The molecule has 0 unspecified atom stereocenters. The van der Waals surface area contributed by atoms with Crippen LogP contribution in [0.15, 0.2) is 30.5 Å². The Bertz CT molecular complexity index is 584. The van der Waals surface area contributed by atoms with E-state index in [1.54, 1.807) is 0 Å². The number of rotatable bonds is 7. The first-order chi connectivity index (χ1) is 10.2. The Morgan fingerprint density at radius 3 is 2.81 bits per heavy atom. The first-order valence-corrected chi connectivity index (χ1v) is 7.53. The zero-order valence-electron chi connectivity index (χ0n) is 13.0. The van der Waals surface area contributed by atoms with Gasteiger partial charge < -0.3 is 10.1 Å². The average molecular weight is 285 g/mol. The molecule has 0 aliphatic rings. The van der Waals surface area contributed by atoms with Gasteiger partial charge in [0.2, 0.25) is 0 Å². The second-order valence-corrected chi connectivity index (χ2v) is 5.04. The molecule has 0 spiro atoms. The number of ether oxygens (including phenoxy) is 1. The molecule has 0 radical (unpaired) electrons. The van der Waals surface area contributed by atoms with Crippen LogP contribution in [0.5, 0.6) is 11.8 Å². The summed E-state index contributed by atoms with van der Waals surface area (Å²) in [5.74, 6) is 0.783. The van der Waals surface area contributed by atoms with Gasteiger partial charge in [-0.25, -0.2) is 4.98 Å². The molecule has 0 aliphatic carbocycles. The maximum absolute atomic E-state index is 5.74. The molecule has 0 aliphatic heterocycles. The van der Waals surface area contributed by atoms with Crippen LogP contribution in [-0.2, 0) is 13.0 Å². The highest BCUT2D eigenvalue weighted by Gasteiger charge is 2.05. The van der Waals surface area contributed by atoms with E-state index in [1.165, 1.54) is 5.56 Å². The molecule has 1 N–H and O–H groups in total. The zero-order valence-corrected chi connectivity index (χ0v) is 13.0. The number of aryl methyl sites for hydroxylation is 2. The predicted molar refractivity (Wildman–Crippen MR) is 84.7 cm³/mol. The average Bonchev–Trinajstić information content (AvgIpc) is 2.50. The fourth-order valence-electron chi connectivity index (χ4n) is 2.03. The minimum absolute atomic E-state index is 0.403. The van der Waals surface area contributed by atoms with Crippen LogP contribution >= 0.6 is 0 Å². The highest BCUT2D eigenvalue weighted by molar-refractivity contribution is 5.30. The van der Waals surface area contributed by atoms with Gasteiger partial charge in [0.05, 0.1) is 0 Å². The van der Waals surface area contributed by atoms with Crippen molar-refractivity contribution in [2.45, 2.75) is 40.2 Å². The lowest BCUT2D eigenvalue weighted by atomic mass is 10.2. The summed E-state index contributed by atoms with van der Waals surface area (Å²) in [7, 11) is 0. The molecule has 4 heteroatoms. The Labute approximate surface area is 126 Å². The van der Waals surface area contributed by atoms with Crippen LogP contribution in [0.1, 0.15) is 37.1 Å². The van der Waals surface area contributed by atoms with Crippen LogP contribution in [0.3, 0.4) is 0 Å². The van der Waals surface area contributed by atoms with E-state index in [0.717, 1.165) is 42.9 Å². The highest BCUT2D eigenvalue weighted by atomic mass is 16.5. The zero-order chi connectivity index (χ0) is 15.1. The van der Waals surface area contributed by atoms with Gasteiger partial charge in [-0.3, -0.25) is 0 Å². The first kappa shape index (κ1) is 15.4. The summed E-state index contributed by atoms with van der Waals surface area (Å²) in [5, 5.41) is 3.36. The molecule has 0 bridgehead atoms. The molecule has 2 rings (SSSR count). The molecule has 21 heavy (non-hydrogen) atoms. The van der Waals surface area contributed by atoms with Crippen molar-refractivity contribution in [1.29, 1.82) is 0 Å². The van der Waals surface area contributed by atoms with E-state index in [4.69, 9.17) is 4.74 Å². The molecule has 112 valence electrons. The van der Waals surface area contributed by atoms with E-state index < -0.39 is 0 Å². The van der Waals surface area contributed by atoms with Crippen LogP contribution in [0.2, 0.25) is 0 Å². The molecule has 1 aromatic heterocycles. The molecule has 2 aromatic rings. The number of hydrogen-bond acceptors (Lipinski definition) is 4. The Kier molecular flexibility index (Phi) is 5.69. The van der Waals surface area contributed by atoms with E-state index in [2.05, 4.69) is 35.2 Å². The molecule has 0 fully saturated rings. The number of benzene rings is 1. The molecule has 0 saturated heterocycles. The number of nitrogens with one attached hydrogen (secondary N) is 1. The van der Waals surface area contributed by atoms with Crippen molar-refractivity contribution in [2.24, 2.45) is 0 Å². The largest absolute Gasteiger partial charge is 0.424 e. The summed E-state index contributed by atoms with van der Waals surface area (Å²) < 4.78 is 5.74. The van der Waals surface area contributed by atoms with Gasteiger partial charge in [0.15, 0.2) is 0 Å². The number of hydrogen-bond donors (Lipinski definition) is 1. The molecule has 1 aromatic carbocycles. The van der Waals surface area contributed by atoms with Gasteiger partial charge in [0.25, 0.3) is 0 Å². The minimum atomic E-state index is 0.403. The third-order valence-electron chi connectivity index (χ3n) is 3.32. The molecule has 0 atom stereocenters. The quantitative estimate of drug-likeness (QED) is 0.789. The fourth-order valence-corrected chi connectivity index (χ4v) is 2.03. The Hall–Kier alpha value is -1.94. The maximum atomic E-state index is 5.74. The summed E-state index contributed by atoms with van der Waals surface area (Å²) in [6.45, 7) is 8.06. The van der Waals surface area contributed by atoms with E-state index in [-0.39, 0.29) is 0 Å². The first-order valence-electron chi connectivity index (χ1n) is 7.53. The third kappa shape index (κ3) is 4.53. The van der Waals surface area contributed by atoms with Crippen LogP contribution in [0.25, 0.3) is 0 Å². The van der Waals surface area contributed by atoms with E-state index in [1.807, 2.05) is 31.3 Å². The summed E-state index contributed by atoms with van der Waals surface area (Å²) in [6.07, 6.45) is 3.94. The second-order valence-electron chi connectivity index (χ2n) is 5.04. The van der Waals surface area contributed by atoms with Gasteiger partial charge in [0.1, 0.15) is 5.75 Å². The van der Waals surface area contributed by atoms with Crippen molar-refractivity contribution >= 4 is 0 Å². The van der Waals surface area contributed by atoms with Crippen molar-refractivity contribution in [1.82, 2.24) is 15.3 Å². The smallest absolute Gasteiger partial charge is 0.322 e. The Morgan fingerprint density at radius 1 is 1.24 bits per heavy atom. The second kappa shape index (κ2) is 7.74. The summed E-state index contributed by atoms with van der Waals surface area (Å²) in [4.78, 5) is 8.73. The third-order valence-corrected chi connectivity index (χ3v) is 3.32. The molecular formula is C17H23N3O. The van der Waals surface area contributed by atoms with Crippen LogP contribution in [0, 0.1) is 6.92 Å². The van der Waals surface area contributed by atoms with E-state index in [0.29, 0.717) is 6.01 Å². The van der Waals surface area contributed by atoms with Gasteiger partial charge >= 0.3 is 6.01 Å². The molecule has 1 heterocycles. The summed E-state index contributed by atoms with van der Waals surface area (Å²) in [5.41, 5.74) is 3.30. The van der Waals surface area contributed by atoms with Crippen molar-refractivity contribution in [3.8, 4) is 11.8 Å². The SMILES string of the molecule is CCCNCc1cnc(Oc2cccc(CC)c2)nc1C. The topological polar surface area (TPSA) is 47.0 Å². The monoisotopic (exact) mass is 285 g/mol. The summed E-state index contributed by atoms with van der Waals surface area (Å²) in [6, 6.07) is 8.43. The highest BCUT2D eigenvalue weighted by Crippen LogP contribution is 2.20. The Balaban J connectivity index is 2.05. The van der Waals surface area contributed by atoms with Crippen LogP contribution < -0.4 is 10.1 Å². The van der Waals surface area contributed by atoms with Gasteiger partial charge in [-0.15, -0.1) is 0 Å². The molecular weight excluding hydrogens is 262 g/mol.